The Balaban J connectivity index is 2.56. The summed E-state index contributed by atoms with van der Waals surface area (Å²) < 4.78 is 0. The summed E-state index contributed by atoms with van der Waals surface area (Å²) >= 11 is 0. The first-order valence-corrected chi connectivity index (χ1v) is 5.64. The number of hydrazone groups is 1. The van der Waals surface area contributed by atoms with Gasteiger partial charge in [0.1, 0.15) is 6.42 Å². The quantitative estimate of drug-likeness (QED) is 0.726. The molecule has 0 saturated heterocycles. The molecule has 0 spiro atoms. The Kier molecular flexibility index (Phi) is 4.05. The second kappa shape index (κ2) is 5.11. The smallest absolute Gasteiger partial charge is 0.254 e. The average molecular weight is 221 g/mol. The van der Waals surface area contributed by atoms with Crippen molar-refractivity contribution in [1.29, 1.82) is 5.26 Å². The number of nitrogens with one attached hydrogen (secondary N) is 1. The van der Waals surface area contributed by atoms with Gasteiger partial charge in [0.05, 0.1) is 6.07 Å². The molecule has 16 heavy (non-hydrogen) atoms. The topological polar surface area (TPSA) is 65.2 Å². The molecule has 0 bridgehead atoms. The molecule has 4 nitrogen and oxygen atoms in total. The van der Waals surface area contributed by atoms with Crippen LogP contribution in [-0.2, 0) is 4.79 Å². The highest BCUT2D eigenvalue weighted by atomic mass is 16.2. The molecule has 88 valence electrons. The summed E-state index contributed by atoms with van der Waals surface area (Å²) in [4.78, 5) is 11.1. The minimum atomic E-state index is -0.328. The van der Waals surface area contributed by atoms with Crippen molar-refractivity contribution in [2.24, 2.45) is 16.4 Å². The third-order valence-corrected chi connectivity index (χ3v) is 2.75. The van der Waals surface area contributed by atoms with Crippen molar-refractivity contribution in [3.63, 3.8) is 0 Å². The van der Waals surface area contributed by atoms with Crippen LogP contribution in [0.15, 0.2) is 5.10 Å². The summed E-state index contributed by atoms with van der Waals surface area (Å²) in [7, 11) is 0. The molecule has 0 aromatic heterocycles. The summed E-state index contributed by atoms with van der Waals surface area (Å²) in [5.41, 5.74) is 3.74. The molecule has 1 unspecified atom stereocenters. The molecule has 0 aromatic rings. The summed E-state index contributed by atoms with van der Waals surface area (Å²) in [6.45, 7) is 6.64. The van der Waals surface area contributed by atoms with Crippen molar-refractivity contribution in [3.8, 4) is 6.07 Å². The largest absolute Gasteiger partial charge is 0.272 e. The Hall–Kier alpha value is -1.37. The molecule has 1 aliphatic rings. The van der Waals surface area contributed by atoms with Crippen molar-refractivity contribution in [2.45, 2.75) is 46.5 Å². The fraction of sp³-hybridized carbons (Fsp3) is 0.750. The Labute approximate surface area is 96.7 Å². The van der Waals surface area contributed by atoms with Crippen LogP contribution in [0.5, 0.6) is 0 Å². The average Bonchev–Trinajstić information content (AvgIpc) is 2.12. The maximum atomic E-state index is 11.1. The van der Waals surface area contributed by atoms with E-state index in [4.69, 9.17) is 5.26 Å². The van der Waals surface area contributed by atoms with Gasteiger partial charge in [-0.3, -0.25) is 4.79 Å². The predicted molar refractivity (Wildman–Crippen MR) is 62.6 cm³/mol. The van der Waals surface area contributed by atoms with E-state index in [2.05, 4.69) is 31.3 Å². The first kappa shape index (κ1) is 12.7. The van der Waals surface area contributed by atoms with Gasteiger partial charge in [0.2, 0.25) is 0 Å². The van der Waals surface area contributed by atoms with E-state index in [1.54, 1.807) is 6.07 Å². The molecular weight excluding hydrogens is 202 g/mol. The van der Waals surface area contributed by atoms with E-state index < -0.39 is 0 Å². The Bertz CT molecular complexity index is 339. The number of nitrogens with zero attached hydrogens (tertiary/aromatic N) is 2. The number of rotatable bonds is 2. The standard InChI is InChI=1S/C12H19N3O/c1-9-6-10(8-12(2,3)7-9)14-15-11(16)4-5-13/h9H,4,6-8H2,1-3H3,(H,15,16)/b14-10-. The molecule has 0 heterocycles. The summed E-state index contributed by atoms with van der Waals surface area (Å²) in [5.74, 6) is 0.279. The van der Waals surface area contributed by atoms with Crippen molar-refractivity contribution < 1.29 is 4.79 Å². The van der Waals surface area contributed by atoms with Gasteiger partial charge in [0, 0.05) is 5.71 Å². The van der Waals surface area contributed by atoms with Gasteiger partial charge in [0.15, 0.2) is 0 Å². The Morgan fingerprint density at radius 2 is 2.38 bits per heavy atom. The van der Waals surface area contributed by atoms with Gasteiger partial charge in [-0.2, -0.15) is 10.4 Å². The lowest BCUT2D eigenvalue weighted by atomic mass is 9.72. The van der Waals surface area contributed by atoms with Crippen LogP contribution in [0.25, 0.3) is 0 Å². The van der Waals surface area contributed by atoms with Crippen molar-refractivity contribution >= 4 is 11.6 Å². The van der Waals surface area contributed by atoms with E-state index in [1.807, 2.05) is 0 Å². The van der Waals surface area contributed by atoms with Gasteiger partial charge in [-0.15, -0.1) is 0 Å². The third-order valence-electron chi connectivity index (χ3n) is 2.75. The first-order valence-electron chi connectivity index (χ1n) is 5.64. The van der Waals surface area contributed by atoms with Crippen LogP contribution >= 0.6 is 0 Å². The maximum Gasteiger partial charge on any atom is 0.254 e. The highest BCUT2D eigenvalue weighted by molar-refractivity contribution is 5.87. The van der Waals surface area contributed by atoms with E-state index in [9.17, 15) is 4.79 Å². The molecule has 0 radical (unpaired) electrons. The van der Waals surface area contributed by atoms with E-state index in [-0.39, 0.29) is 17.7 Å². The van der Waals surface area contributed by atoms with Crippen LogP contribution < -0.4 is 5.43 Å². The number of amides is 1. The lowest BCUT2D eigenvalue weighted by Gasteiger charge is -2.34. The fourth-order valence-corrected chi connectivity index (χ4v) is 2.45. The predicted octanol–water partition coefficient (Wildman–Crippen LogP) is 2.22. The molecule has 1 N–H and O–H groups in total. The van der Waals surface area contributed by atoms with Gasteiger partial charge < -0.3 is 0 Å². The zero-order valence-corrected chi connectivity index (χ0v) is 10.2. The second-order valence-corrected chi connectivity index (χ2v) is 5.40. The first-order chi connectivity index (χ1) is 7.43. The van der Waals surface area contributed by atoms with Gasteiger partial charge in [-0.25, -0.2) is 5.43 Å². The lowest BCUT2D eigenvalue weighted by Crippen LogP contribution is -2.30. The zero-order valence-electron chi connectivity index (χ0n) is 10.2. The normalized spacial score (nSPS) is 26.1. The fourth-order valence-electron chi connectivity index (χ4n) is 2.45. The van der Waals surface area contributed by atoms with Crippen LogP contribution in [0.3, 0.4) is 0 Å². The Morgan fingerprint density at radius 3 is 2.94 bits per heavy atom. The molecule has 1 rings (SSSR count). The number of carbonyl (C=O) groups is 1. The van der Waals surface area contributed by atoms with Gasteiger partial charge in [-0.05, 0) is 30.6 Å². The number of hydrogen-bond donors (Lipinski definition) is 1. The Morgan fingerprint density at radius 1 is 1.69 bits per heavy atom. The SMILES string of the molecule is CC1C/C(=N/NC(=O)CC#N)CC(C)(C)C1. The van der Waals surface area contributed by atoms with Gasteiger partial charge >= 0.3 is 0 Å². The van der Waals surface area contributed by atoms with Crippen molar-refractivity contribution in [3.05, 3.63) is 0 Å². The van der Waals surface area contributed by atoms with E-state index in [0.717, 1.165) is 18.6 Å². The molecule has 0 aliphatic heterocycles. The van der Waals surface area contributed by atoms with Crippen molar-refractivity contribution in [1.82, 2.24) is 5.43 Å². The summed E-state index contributed by atoms with van der Waals surface area (Å²) in [6.07, 6.45) is 2.92. The van der Waals surface area contributed by atoms with Crippen LogP contribution in [0.2, 0.25) is 0 Å². The van der Waals surface area contributed by atoms with E-state index >= 15 is 0 Å². The van der Waals surface area contributed by atoms with Crippen LogP contribution in [0, 0.1) is 22.7 Å². The van der Waals surface area contributed by atoms with Gasteiger partial charge in [0.25, 0.3) is 5.91 Å². The number of hydrogen-bond acceptors (Lipinski definition) is 3. The van der Waals surface area contributed by atoms with Crippen LogP contribution in [0.4, 0.5) is 0 Å². The summed E-state index contributed by atoms with van der Waals surface area (Å²) in [5, 5.41) is 12.5. The second-order valence-electron chi connectivity index (χ2n) is 5.40. The number of nitriles is 1. The zero-order chi connectivity index (χ0) is 12.2. The monoisotopic (exact) mass is 221 g/mol. The van der Waals surface area contributed by atoms with E-state index in [0.29, 0.717) is 5.92 Å². The van der Waals surface area contributed by atoms with Crippen molar-refractivity contribution in [2.75, 3.05) is 0 Å². The molecular formula is C12H19N3O. The molecule has 1 saturated carbocycles. The maximum absolute atomic E-state index is 11.1. The van der Waals surface area contributed by atoms with E-state index in [1.165, 1.54) is 6.42 Å². The number of carbonyl (C=O) groups excluding carboxylic acids is 1. The molecule has 0 aromatic carbocycles. The minimum absolute atomic E-state index is 0.129. The third kappa shape index (κ3) is 4.01. The molecule has 1 atom stereocenters. The minimum Gasteiger partial charge on any atom is -0.272 e. The van der Waals surface area contributed by atoms with Crippen LogP contribution in [0.1, 0.15) is 46.5 Å². The molecule has 4 heteroatoms. The molecule has 1 aliphatic carbocycles. The molecule has 1 fully saturated rings. The lowest BCUT2D eigenvalue weighted by molar-refractivity contribution is -0.120. The summed E-state index contributed by atoms with van der Waals surface area (Å²) in [6, 6.07) is 1.80. The van der Waals surface area contributed by atoms with Gasteiger partial charge in [-0.1, -0.05) is 20.8 Å². The molecule has 1 amide bonds. The highest BCUT2D eigenvalue weighted by Crippen LogP contribution is 2.36. The highest BCUT2D eigenvalue weighted by Gasteiger charge is 2.29. The van der Waals surface area contributed by atoms with Crippen LogP contribution in [-0.4, -0.2) is 11.6 Å².